The Labute approximate surface area is 144 Å². The highest BCUT2D eigenvalue weighted by atomic mass is 16.3. The summed E-state index contributed by atoms with van der Waals surface area (Å²) in [4.78, 5) is 40.5. The molecule has 0 spiro atoms. The van der Waals surface area contributed by atoms with Crippen LogP contribution in [-0.4, -0.2) is 39.9 Å². The predicted molar refractivity (Wildman–Crippen MR) is 91.5 cm³/mol. The molecular weight excluding hydrogens is 322 g/mol. The van der Waals surface area contributed by atoms with Gasteiger partial charge in [0, 0.05) is 25.8 Å². The molecule has 7 nitrogen and oxygen atoms in total. The number of H-pyrrole nitrogens is 1. The van der Waals surface area contributed by atoms with E-state index in [0.717, 1.165) is 18.4 Å². The third-order valence-electron chi connectivity index (χ3n) is 3.99. The number of hydrogen-bond acceptors (Lipinski definition) is 4. The Balaban J connectivity index is 1.78. The van der Waals surface area contributed by atoms with Crippen molar-refractivity contribution in [1.82, 2.24) is 15.2 Å². The topological polar surface area (TPSA) is 102 Å². The Kier molecular flexibility index (Phi) is 4.56. The summed E-state index contributed by atoms with van der Waals surface area (Å²) in [7, 11) is 1.56. The van der Waals surface area contributed by atoms with Crippen molar-refractivity contribution in [2.75, 3.05) is 7.05 Å². The molecule has 2 aromatic rings. The largest absolute Gasteiger partial charge is 0.508 e. The third-order valence-corrected chi connectivity index (χ3v) is 3.99. The molecule has 1 heterocycles. The normalized spacial score (nSPS) is 13.3. The van der Waals surface area contributed by atoms with E-state index < -0.39 is 11.5 Å². The number of aromatic nitrogens is 1. The number of amides is 2. The van der Waals surface area contributed by atoms with Crippen molar-refractivity contribution in [1.29, 1.82) is 0 Å². The number of phenolic OH excluding ortho intramolecular Hbond substituents is 1. The van der Waals surface area contributed by atoms with E-state index in [9.17, 15) is 19.5 Å². The maximum Gasteiger partial charge on any atom is 0.260 e. The molecule has 1 aromatic heterocycles. The van der Waals surface area contributed by atoms with E-state index in [-0.39, 0.29) is 35.4 Å². The van der Waals surface area contributed by atoms with Gasteiger partial charge in [0.1, 0.15) is 11.3 Å². The minimum atomic E-state index is -0.546. The van der Waals surface area contributed by atoms with Gasteiger partial charge in [-0.15, -0.1) is 0 Å². The van der Waals surface area contributed by atoms with Gasteiger partial charge >= 0.3 is 0 Å². The number of rotatable bonds is 5. The standard InChI is InChI=1S/C18H19N3O4/c1-21(10-11-3-2-4-14(22)7-11)18(25)15-8-12(9-19-17(15)24)16(23)20-13-5-6-13/h2-4,7-9,13,22H,5-6,10H2,1H3,(H,19,24)(H,20,23). The van der Waals surface area contributed by atoms with Gasteiger partial charge in [0.05, 0.1) is 5.56 Å². The zero-order chi connectivity index (χ0) is 18.0. The zero-order valence-corrected chi connectivity index (χ0v) is 13.8. The van der Waals surface area contributed by atoms with Crippen LogP contribution in [0.5, 0.6) is 5.75 Å². The second-order valence-corrected chi connectivity index (χ2v) is 6.21. The summed E-state index contributed by atoms with van der Waals surface area (Å²) in [6, 6.07) is 8.04. The molecule has 3 N–H and O–H groups in total. The molecule has 1 aliphatic carbocycles. The lowest BCUT2D eigenvalue weighted by Gasteiger charge is -2.17. The molecule has 1 fully saturated rings. The molecule has 0 unspecified atom stereocenters. The number of aromatic hydroxyl groups is 1. The number of nitrogens with one attached hydrogen (secondary N) is 2. The Hall–Kier alpha value is -3.09. The van der Waals surface area contributed by atoms with Gasteiger partial charge in [-0.3, -0.25) is 14.4 Å². The van der Waals surface area contributed by atoms with Crippen molar-refractivity contribution in [2.24, 2.45) is 0 Å². The van der Waals surface area contributed by atoms with Crippen LogP contribution >= 0.6 is 0 Å². The number of benzene rings is 1. The van der Waals surface area contributed by atoms with Crippen molar-refractivity contribution in [3.8, 4) is 5.75 Å². The van der Waals surface area contributed by atoms with Crippen molar-refractivity contribution in [3.63, 3.8) is 0 Å². The molecule has 0 bridgehead atoms. The summed E-state index contributed by atoms with van der Waals surface area (Å²) in [5, 5.41) is 12.3. The fraction of sp³-hybridized carbons (Fsp3) is 0.278. The van der Waals surface area contributed by atoms with E-state index in [2.05, 4.69) is 10.3 Å². The van der Waals surface area contributed by atoms with Gasteiger partial charge in [0.15, 0.2) is 0 Å². The number of hydrogen-bond donors (Lipinski definition) is 3. The molecule has 0 atom stereocenters. The van der Waals surface area contributed by atoms with Crippen molar-refractivity contribution in [2.45, 2.75) is 25.4 Å². The number of aromatic amines is 1. The molecule has 7 heteroatoms. The number of nitrogens with zero attached hydrogens (tertiary/aromatic N) is 1. The molecule has 2 amide bonds. The zero-order valence-electron chi connectivity index (χ0n) is 13.8. The van der Waals surface area contributed by atoms with E-state index in [1.807, 2.05) is 0 Å². The highest BCUT2D eigenvalue weighted by molar-refractivity contribution is 5.99. The van der Waals surface area contributed by atoms with Crippen LogP contribution in [0.25, 0.3) is 0 Å². The van der Waals surface area contributed by atoms with Gasteiger partial charge in [-0.25, -0.2) is 0 Å². The fourth-order valence-electron chi connectivity index (χ4n) is 2.48. The lowest BCUT2D eigenvalue weighted by atomic mass is 10.1. The Morgan fingerprint density at radius 3 is 2.76 bits per heavy atom. The van der Waals surface area contributed by atoms with E-state index in [1.165, 1.54) is 23.2 Å². The Morgan fingerprint density at radius 1 is 1.32 bits per heavy atom. The average Bonchev–Trinajstić information content (AvgIpc) is 3.38. The molecule has 25 heavy (non-hydrogen) atoms. The summed E-state index contributed by atoms with van der Waals surface area (Å²) in [6.07, 6.45) is 3.22. The molecule has 1 saturated carbocycles. The van der Waals surface area contributed by atoms with Gasteiger partial charge in [-0.1, -0.05) is 12.1 Å². The number of pyridine rings is 1. The molecule has 130 valence electrons. The second kappa shape index (κ2) is 6.80. The quantitative estimate of drug-likeness (QED) is 0.761. The molecular formula is C18H19N3O4. The minimum Gasteiger partial charge on any atom is -0.508 e. The van der Waals surface area contributed by atoms with Crippen molar-refractivity contribution in [3.05, 3.63) is 63.6 Å². The maximum absolute atomic E-state index is 12.6. The summed E-state index contributed by atoms with van der Waals surface area (Å²) < 4.78 is 0. The number of phenols is 1. The average molecular weight is 341 g/mol. The van der Waals surface area contributed by atoms with Crippen LogP contribution in [0.15, 0.2) is 41.3 Å². The summed E-state index contributed by atoms with van der Waals surface area (Å²) in [5.74, 6) is -0.691. The van der Waals surface area contributed by atoms with Crippen LogP contribution in [0.2, 0.25) is 0 Å². The van der Waals surface area contributed by atoms with Gasteiger partial charge in [-0.2, -0.15) is 0 Å². The molecule has 1 aromatic carbocycles. The molecule has 0 radical (unpaired) electrons. The van der Waals surface area contributed by atoms with E-state index in [1.54, 1.807) is 25.2 Å². The van der Waals surface area contributed by atoms with Gasteiger partial charge in [0.25, 0.3) is 17.4 Å². The Morgan fingerprint density at radius 2 is 2.08 bits per heavy atom. The van der Waals surface area contributed by atoms with Crippen LogP contribution in [0, 0.1) is 0 Å². The van der Waals surface area contributed by atoms with E-state index in [4.69, 9.17) is 0 Å². The smallest absolute Gasteiger partial charge is 0.260 e. The van der Waals surface area contributed by atoms with Crippen LogP contribution < -0.4 is 10.9 Å². The van der Waals surface area contributed by atoms with Crippen LogP contribution in [-0.2, 0) is 6.54 Å². The van der Waals surface area contributed by atoms with E-state index >= 15 is 0 Å². The monoisotopic (exact) mass is 341 g/mol. The van der Waals surface area contributed by atoms with Gasteiger partial charge < -0.3 is 20.3 Å². The number of carbonyl (C=O) groups is 2. The fourth-order valence-corrected chi connectivity index (χ4v) is 2.48. The summed E-state index contributed by atoms with van der Waals surface area (Å²) in [5.41, 5.74) is 0.345. The molecule has 0 saturated heterocycles. The Bertz CT molecular complexity index is 871. The van der Waals surface area contributed by atoms with Crippen LogP contribution in [0.4, 0.5) is 0 Å². The first-order valence-electron chi connectivity index (χ1n) is 8.01. The first-order chi connectivity index (χ1) is 11.9. The minimum absolute atomic E-state index is 0.0916. The van der Waals surface area contributed by atoms with Crippen LogP contribution in [0.1, 0.15) is 39.1 Å². The van der Waals surface area contributed by atoms with Crippen molar-refractivity contribution < 1.29 is 14.7 Å². The third kappa shape index (κ3) is 4.06. The number of carbonyl (C=O) groups excluding carboxylic acids is 2. The SMILES string of the molecule is CN(Cc1cccc(O)c1)C(=O)c1cc(C(=O)NC2CC2)c[nH]c1=O. The first-order valence-corrected chi connectivity index (χ1v) is 8.01. The van der Waals surface area contributed by atoms with Crippen molar-refractivity contribution >= 4 is 11.8 Å². The second-order valence-electron chi connectivity index (χ2n) is 6.21. The van der Waals surface area contributed by atoms with Gasteiger partial charge in [0.2, 0.25) is 0 Å². The summed E-state index contributed by atoms with van der Waals surface area (Å²) in [6.45, 7) is 0.227. The summed E-state index contributed by atoms with van der Waals surface area (Å²) >= 11 is 0. The predicted octanol–water partition coefficient (Wildman–Crippen LogP) is 1.24. The van der Waals surface area contributed by atoms with E-state index in [0.29, 0.717) is 0 Å². The first kappa shape index (κ1) is 16.8. The molecule has 3 rings (SSSR count). The lowest BCUT2D eigenvalue weighted by molar-refractivity contribution is 0.0783. The lowest BCUT2D eigenvalue weighted by Crippen LogP contribution is -2.33. The molecule has 0 aliphatic heterocycles. The highest BCUT2D eigenvalue weighted by Gasteiger charge is 2.25. The highest BCUT2D eigenvalue weighted by Crippen LogP contribution is 2.19. The van der Waals surface area contributed by atoms with Crippen LogP contribution in [0.3, 0.4) is 0 Å². The molecule has 1 aliphatic rings. The van der Waals surface area contributed by atoms with Gasteiger partial charge in [-0.05, 0) is 36.6 Å². The maximum atomic E-state index is 12.6.